The molecule has 0 aliphatic heterocycles. The Morgan fingerprint density at radius 1 is 1.24 bits per heavy atom. The van der Waals surface area contributed by atoms with Crippen LogP contribution in [-0.4, -0.2) is 6.04 Å². The summed E-state index contributed by atoms with van der Waals surface area (Å²) in [4.78, 5) is 0. The third-order valence-electron chi connectivity index (χ3n) is 2.74. The summed E-state index contributed by atoms with van der Waals surface area (Å²) >= 11 is 12.3. The predicted octanol–water partition coefficient (Wildman–Crippen LogP) is 5.22. The van der Waals surface area contributed by atoms with Gasteiger partial charge in [-0.3, -0.25) is 0 Å². The van der Waals surface area contributed by atoms with E-state index in [9.17, 15) is 0 Å². The van der Waals surface area contributed by atoms with Gasteiger partial charge in [-0.2, -0.15) is 0 Å². The molecule has 1 N–H and O–H groups in total. The quantitative estimate of drug-likeness (QED) is 0.749. The van der Waals surface area contributed by atoms with Gasteiger partial charge in [-0.15, -0.1) is 0 Å². The lowest BCUT2D eigenvalue weighted by atomic mass is 10.0. The van der Waals surface area contributed by atoms with Gasteiger partial charge in [-0.05, 0) is 18.1 Å². The van der Waals surface area contributed by atoms with E-state index >= 15 is 0 Å². The third kappa shape index (κ3) is 4.50. The van der Waals surface area contributed by atoms with Gasteiger partial charge in [-0.25, -0.2) is 0 Å². The maximum Gasteiger partial charge on any atom is 0.0640 e. The molecule has 0 aliphatic carbocycles. The van der Waals surface area contributed by atoms with Crippen LogP contribution in [0.5, 0.6) is 0 Å². The molecular formula is C14H21Cl2N. The number of unbranched alkanes of at least 4 members (excludes halogenated alkanes) is 1. The molecule has 0 aliphatic rings. The second-order valence-corrected chi connectivity index (χ2v) is 5.44. The second-order valence-electron chi connectivity index (χ2n) is 4.66. The fourth-order valence-electron chi connectivity index (χ4n) is 1.93. The van der Waals surface area contributed by atoms with E-state index in [0.717, 1.165) is 12.0 Å². The Kier molecular flexibility index (Phi) is 6.32. The van der Waals surface area contributed by atoms with Crippen molar-refractivity contribution in [2.24, 2.45) is 0 Å². The number of nitrogens with one attached hydrogen (secondary N) is 1. The highest BCUT2D eigenvalue weighted by molar-refractivity contribution is 6.42. The second kappa shape index (κ2) is 7.25. The summed E-state index contributed by atoms with van der Waals surface area (Å²) in [6, 6.07) is 6.58. The van der Waals surface area contributed by atoms with E-state index in [4.69, 9.17) is 23.2 Å². The monoisotopic (exact) mass is 273 g/mol. The lowest BCUT2D eigenvalue weighted by molar-refractivity contribution is 0.440. The fraction of sp³-hybridized carbons (Fsp3) is 0.571. The Morgan fingerprint density at radius 3 is 2.53 bits per heavy atom. The van der Waals surface area contributed by atoms with E-state index < -0.39 is 0 Å². The molecule has 1 aromatic carbocycles. The van der Waals surface area contributed by atoms with Crippen molar-refractivity contribution in [1.29, 1.82) is 0 Å². The molecule has 17 heavy (non-hydrogen) atoms. The Morgan fingerprint density at radius 2 is 1.94 bits per heavy atom. The Balaban J connectivity index is 2.90. The van der Waals surface area contributed by atoms with E-state index in [1.807, 2.05) is 12.1 Å². The summed E-state index contributed by atoms with van der Waals surface area (Å²) in [6.45, 7) is 6.50. The molecule has 0 radical (unpaired) electrons. The molecule has 1 aromatic rings. The molecule has 1 rings (SSSR count). The first-order chi connectivity index (χ1) is 8.06. The van der Waals surface area contributed by atoms with Crippen molar-refractivity contribution in [3.63, 3.8) is 0 Å². The van der Waals surface area contributed by atoms with Gasteiger partial charge in [0.15, 0.2) is 0 Å². The minimum atomic E-state index is 0.293. The smallest absolute Gasteiger partial charge is 0.0640 e. The SMILES string of the molecule is CCCCC(NC(C)C)c1cccc(Cl)c1Cl. The van der Waals surface area contributed by atoms with Gasteiger partial charge in [0.1, 0.15) is 0 Å². The van der Waals surface area contributed by atoms with Gasteiger partial charge in [0.05, 0.1) is 10.0 Å². The van der Waals surface area contributed by atoms with Crippen LogP contribution in [0.15, 0.2) is 18.2 Å². The Hall–Kier alpha value is -0.240. The van der Waals surface area contributed by atoms with Gasteiger partial charge in [-0.1, -0.05) is 68.9 Å². The van der Waals surface area contributed by atoms with E-state index in [-0.39, 0.29) is 0 Å². The number of halogens is 2. The first-order valence-electron chi connectivity index (χ1n) is 6.26. The number of hydrogen-bond acceptors (Lipinski definition) is 1. The highest BCUT2D eigenvalue weighted by atomic mass is 35.5. The van der Waals surface area contributed by atoms with E-state index in [1.54, 1.807) is 0 Å². The lowest BCUT2D eigenvalue weighted by Crippen LogP contribution is -2.28. The minimum absolute atomic E-state index is 0.293. The van der Waals surface area contributed by atoms with Crippen LogP contribution in [0.3, 0.4) is 0 Å². The van der Waals surface area contributed by atoms with Gasteiger partial charge >= 0.3 is 0 Å². The van der Waals surface area contributed by atoms with Crippen molar-refractivity contribution in [1.82, 2.24) is 5.32 Å². The van der Waals surface area contributed by atoms with E-state index in [1.165, 1.54) is 12.8 Å². The maximum absolute atomic E-state index is 6.28. The molecule has 96 valence electrons. The van der Waals surface area contributed by atoms with Crippen molar-refractivity contribution >= 4 is 23.2 Å². The molecule has 0 saturated heterocycles. The molecule has 1 nitrogen and oxygen atoms in total. The molecule has 0 bridgehead atoms. The molecule has 1 unspecified atom stereocenters. The molecule has 0 spiro atoms. The first-order valence-corrected chi connectivity index (χ1v) is 7.01. The molecule has 0 amide bonds. The van der Waals surface area contributed by atoms with Crippen LogP contribution < -0.4 is 5.32 Å². The summed E-state index contributed by atoms with van der Waals surface area (Å²) in [6.07, 6.45) is 3.47. The minimum Gasteiger partial charge on any atom is -0.308 e. The Bertz CT molecular complexity index is 350. The van der Waals surface area contributed by atoms with Crippen LogP contribution in [0, 0.1) is 0 Å². The average Bonchev–Trinajstić information content (AvgIpc) is 2.28. The Labute approximate surface area is 115 Å². The summed E-state index contributed by atoms with van der Waals surface area (Å²) < 4.78 is 0. The van der Waals surface area contributed by atoms with Crippen LogP contribution in [0.2, 0.25) is 10.0 Å². The largest absolute Gasteiger partial charge is 0.308 e. The van der Waals surface area contributed by atoms with Crippen LogP contribution in [0.1, 0.15) is 51.6 Å². The maximum atomic E-state index is 6.28. The normalized spacial score (nSPS) is 13.1. The summed E-state index contributed by atoms with van der Waals surface area (Å²) in [5.41, 5.74) is 1.11. The molecule has 1 atom stereocenters. The average molecular weight is 274 g/mol. The van der Waals surface area contributed by atoms with Crippen molar-refractivity contribution < 1.29 is 0 Å². The highest BCUT2D eigenvalue weighted by Gasteiger charge is 2.16. The van der Waals surface area contributed by atoms with E-state index in [2.05, 4.69) is 32.2 Å². The summed E-state index contributed by atoms with van der Waals surface area (Å²) in [7, 11) is 0. The predicted molar refractivity (Wildman–Crippen MR) is 77.0 cm³/mol. The molecular weight excluding hydrogens is 253 g/mol. The fourth-order valence-corrected chi connectivity index (χ4v) is 2.37. The topological polar surface area (TPSA) is 12.0 Å². The van der Waals surface area contributed by atoms with Gasteiger partial charge in [0, 0.05) is 12.1 Å². The van der Waals surface area contributed by atoms with Gasteiger partial charge in [0.2, 0.25) is 0 Å². The van der Waals surface area contributed by atoms with E-state index in [0.29, 0.717) is 22.1 Å². The first kappa shape index (κ1) is 14.8. The molecule has 0 saturated carbocycles. The standard InChI is InChI=1S/C14H21Cl2N/c1-4-5-9-13(17-10(2)3)11-7-6-8-12(15)14(11)16/h6-8,10,13,17H,4-5,9H2,1-3H3. The summed E-state index contributed by atoms with van der Waals surface area (Å²) in [5, 5.41) is 4.88. The van der Waals surface area contributed by atoms with Crippen LogP contribution >= 0.6 is 23.2 Å². The van der Waals surface area contributed by atoms with Crippen molar-refractivity contribution in [2.45, 2.75) is 52.1 Å². The zero-order valence-electron chi connectivity index (χ0n) is 10.8. The lowest BCUT2D eigenvalue weighted by Gasteiger charge is -2.23. The summed E-state index contributed by atoms with van der Waals surface area (Å²) in [5.74, 6) is 0. The van der Waals surface area contributed by atoms with Crippen LogP contribution in [0.4, 0.5) is 0 Å². The van der Waals surface area contributed by atoms with Crippen molar-refractivity contribution in [2.75, 3.05) is 0 Å². The number of benzene rings is 1. The van der Waals surface area contributed by atoms with Gasteiger partial charge < -0.3 is 5.32 Å². The third-order valence-corrected chi connectivity index (χ3v) is 3.57. The van der Waals surface area contributed by atoms with Crippen molar-refractivity contribution in [3.8, 4) is 0 Å². The molecule has 0 heterocycles. The molecule has 0 aromatic heterocycles. The van der Waals surface area contributed by atoms with Gasteiger partial charge in [0.25, 0.3) is 0 Å². The van der Waals surface area contributed by atoms with Crippen LogP contribution in [0.25, 0.3) is 0 Å². The van der Waals surface area contributed by atoms with Crippen LogP contribution in [-0.2, 0) is 0 Å². The zero-order valence-corrected chi connectivity index (χ0v) is 12.3. The zero-order chi connectivity index (χ0) is 12.8. The van der Waals surface area contributed by atoms with Crippen molar-refractivity contribution in [3.05, 3.63) is 33.8 Å². The molecule has 0 fully saturated rings. The molecule has 3 heteroatoms. The highest BCUT2D eigenvalue weighted by Crippen LogP contribution is 2.32. The number of hydrogen-bond donors (Lipinski definition) is 1. The number of rotatable bonds is 6.